The van der Waals surface area contributed by atoms with E-state index in [-0.39, 0.29) is 6.42 Å². The first-order chi connectivity index (χ1) is 8.99. The predicted molar refractivity (Wildman–Crippen MR) is 68.5 cm³/mol. The molecule has 0 aromatic heterocycles. The zero-order chi connectivity index (χ0) is 13.9. The molecular weight excluding hydrogens is 249 g/mol. The third-order valence-corrected chi connectivity index (χ3v) is 2.93. The van der Waals surface area contributed by atoms with E-state index in [0.29, 0.717) is 12.4 Å². The SMILES string of the molecule is CC1(F)CC(OCc2ccccc2)=CC=C1[N+](=O)[O-]. The maximum absolute atomic E-state index is 14.1. The van der Waals surface area contributed by atoms with Crippen LogP contribution in [-0.2, 0) is 11.3 Å². The lowest BCUT2D eigenvalue weighted by atomic mass is 9.94. The fourth-order valence-corrected chi connectivity index (χ4v) is 1.92. The fraction of sp³-hybridized carbons (Fsp3) is 0.286. The van der Waals surface area contributed by atoms with Gasteiger partial charge in [0.05, 0.1) is 4.92 Å². The molecule has 1 atom stereocenters. The zero-order valence-electron chi connectivity index (χ0n) is 10.5. The number of nitrogens with zero attached hydrogens (tertiary/aromatic N) is 1. The van der Waals surface area contributed by atoms with E-state index in [1.54, 1.807) is 0 Å². The highest BCUT2D eigenvalue weighted by molar-refractivity contribution is 5.26. The van der Waals surface area contributed by atoms with Crippen LogP contribution in [0, 0.1) is 10.1 Å². The molecule has 100 valence electrons. The van der Waals surface area contributed by atoms with Crippen LogP contribution in [0.3, 0.4) is 0 Å². The van der Waals surface area contributed by atoms with E-state index >= 15 is 0 Å². The van der Waals surface area contributed by atoms with Gasteiger partial charge < -0.3 is 4.74 Å². The fourth-order valence-electron chi connectivity index (χ4n) is 1.92. The van der Waals surface area contributed by atoms with Gasteiger partial charge in [0.25, 0.3) is 5.70 Å². The van der Waals surface area contributed by atoms with Gasteiger partial charge in [0.2, 0.25) is 5.67 Å². The maximum atomic E-state index is 14.1. The first-order valence-electron chi connectivity index (χ1n) is 5.90. The van der Waals surface area contributed by atoms with Crippen molar-refractivity contribution in [3.63, 3.8) is 0 Å². The van der Waals surface area contributed by atoms with Crippen LogP contribution < -0.4 is 0 Å². The second-order valence-corrected chi connectivity index (χ2v) is 4.59. The highest BCUT2D eigenvalue weighted by atomic mass is 19.1. The lowest BCUT2D eigenvalue weighted by Gasteiger charge is -2.22. The third kappa shape index (κ3) is 3.19. The molecule has 0 aliphatic heterocycles. The smallest absolute Gasteiger partial charge is 0.283 e. The van der Waals surface area contributed by atoms with Crippen LogP contribution in [-0.4, -0.2) is 10.6 Å². The predicted octanol–water partition coefficient (Wildman–Crippen LogP) is 3.38. The Labute approximate surface area is 110 Å². The zero-order valence-corrected chi connectivity index (χ0v) is 10.5. The molecule has 0 spiro atoms. The summed E-state index contributed by atoms with van der Waals surface area (Å²) in [5.41, 5.74) is -1.46. The molecule has 19 heavy (non-hydrogen) atoms. The molecule has 5 heteroatoms. The van der Waals surface area contributed by atoms with Crippen LogP contribution in [0.25, 0.3) is 0 Å². The van der Waals surface area contributed by atoms with Gasteiger partial charge >= 0.3 is 0 Å². The number of nitro groups is 1. The van der Waals surface area contributed by atoms with Crippen molar-refractivity contribution in [2.75, 3.05) is 0 Å². The van der Waals surface area contributed by atoms with Gasteiger partial charge in [0.15, 0.2) is 0 Å². The van der Waals surface area contributed by atoms with E-state index in [0.717, 1.165) is 5.56 Å². The minimum Gasteiger partial charge on any atom is -0.493 e. The highest BCUT2D eigenvalue weighted by Crippen LogP contribution is 2.33. The van der Waals surface area contributed by atoms with Crippen molar-refractivity contribution in [1.82, 2.24) is 0 Å². The van der Waals surface area contributed by atoms with Crippen molar-refractivity contribution in [1.29, 1.82) is 0 Å². The summed E-state index contributed by atoms with van der Waals surface area (Å²) in [6, 6.07) is 9.47. The average Bonchev–Trinajstić information content (AvgIpc) is 2.36. The quantitative estimate of drug-likeness (QED) is 0.618. The van der Waals surface area contributed by atoms with Gasteiger partial charge in [-0.2, -0.15) is 0 Å². The minimum absolute atomic E-state index is 0.118. The molecule has 0 saturated heterocycles. The number of halogens is 1. The summed E-state index contributed by atoms with van der Waals surface area (Å²) in [6.45, 7) is 1.52. The number of hydrogen-bond donors (Lipinski definition) is 0. The summed E-state index contributed by atoms with van der Waals surface area (Å²) in [4.78, 5) is 9.99. The number of benzene rings is 1. The Morgan fingerprint density at radius 3 is 2.63 bits per heavy atom. The molecule has 1 aromatic carbocycles. The molecule has 0 bridgehead atoms. The molecule has 1 unspecified atom stereocenters. The van der Waals surface area contributed by atoms with Crippen molar-refractivity contribution >= 4 is 0 Å². The second kappa shape index (κ2) is 5.22. The summed E-state index contributed by atoms with van der Waals surface area (Å²) in [6.07, 6.45) is 2.51. The molecule has 1 aromatic rings. The molecule has 0 heterocycles. The van der Waals surface area contributed by atoms with Crippen molar-refractivity contribution in [3.8, 4) is 0 Å². The molecule has 0 N–H and O–H groups in total. The first kappa shape index (κ1) is 13.3. The van der Waals surface area contributed by atoms with E-state index in [1.807, 2.05) is 30.3 Å². The molecule has 2 rings (SSSR count). The molecule has 4 nitrogen and oxygen atoms in total. The van der Waals surface area contributed by atoms with Crippen molar-refractivity contribution in [2.45, 2.75) is 25.6 Å². The molecule has 0 saturated carbocycles. The summed E-state index contributed by atoms with van der Waals surface area (Å²) in [7, 11) is 0. The van der Waals surface area contributed by atoms with Gasteiger partial charge in [0, 0.05) is 12.5 Å². The molecule has 0 amide bonds. The van der Waals surface area contributed by atoms with Crippen LogP contribution in [0.2, 0.25) is 0 Å². The van der Waals surface area contributed by atoms with Crippen molar-refractivity contribution in [2.24, 2.45) is 0 Å². The van der Waals surface area contributed by atoms with Crippen molar-refractivity contribution < 1.29 is 14.1 Å². The maximum Gasteiger partial charge on any atom is 0.283 e. The molecule has 0 fully saturated rings. The number of ether oxygens (including phenoxy) is 1. The van der Waals surface area contributed by atoms with E-state index in [4.69, 9.17) is 4.74 Å². The average molecular weight is 263 g/mol. The number of allylic oxidation sites excluding steroid dienone is 4. The molecule has 0 radical (unpaired) electrons. The summed E-state index contributed by atoms with van der Waals surface area (Å²) < 4.78 is 19.6. The standard InChI is InChI=1S/C14H14FNO3/c1-14(15)9-12(7-8-13(14)16(17)18)19-10-11-5-3-2-4-6-11/h2-8H,9-10H2,1H3. The molecular formula is C14H14FNO3. The Kier molecular flexibility index (Phi) is 3.64. The normalized spacial score (nSPS) is 22.4. The van der Waals surface area contributed by atoms with E-state index < -0.39 is 16.3 Å². The Morgan fingerprint density at radius 2 is 2.05 bits per heavy atom. The number of alkyl halides is 1. The van der Waals surface area contributed by atoms with Crippen LogP contribution in [0.1, 0.15) is 18.9 Å². The largest absolute Gasteiger partial charge is 0.493 e. The monoisotopic (exact) mass is 263 g/mol. The third-order valence-electron chi connectivity index (χ3n) is 2.93. The Morgan fingerprint density at radius 1 is 1.37 bits per heavy atom. The Hall–Kier alpha value is -2.17. The van der Waals surface area contributed by atoms with E-state index in [9.17, 15) is 14.5 Å². The van der Waals surface area contributed by atoms with Gasteiger partial charge in [0.1, 0.15) is 12.4 Å². The Bertz CT molecular complexity index is 535. The number of rotatable bonds is 4. The minimum atomic E-state index is -2.00. The van der Waals surface area contributed by atoms with E-state index in [1.165, 1.54) is 19.1 Å². The van der Waals surface area contributed by atoms with Gasteiger partial charge in [-0.1, -0.05) is 30.3 Å². The van der Waals surface area contributed by atoms with Gasteiger partial charge in [-0.15, -0.1) is 0 Å². The van der Waals surface area contributed by atoms with Gasteiger partial charge in [-0.3, -0.25) is 10.1 Å². The van der Waals surface area contributed by atoms with Crippen molar-refractivity contribution in [3.05, 3.63) is 69.6 Å². The van der Waals surface area contributed by atoms with Crippen LogP contribution in [0.15, 0.2) is 53.9 Å². The molecule has 1 aliphatic carbocycles. The summed E-state index contributed by atoms with van der Waals surface area (Å²) >= 11 is 0. The van der Waals surface area contributed by atoms with Crippen LogP contribution in [0.4, 0.5) is 4.39 Å². The topological polar surface area (TPSA) is 52.4 Å². The first-order valence-corrected chi connectivity index (χ1v) is 5.90. The highest BCUT2D eigenvalue weighted by Gasteiger charge is 2.41. The second-order valence-electron chi connectivity index (χ2n) is 4.59. The van der Waals surface area contributed by atoms with E-state index in [2.05, 4.69) is 0 Å². The lowest BCUT2D eigenvalue weighted by molar-refractivity contribution is -0.440. The van der Waals surface area contributed by atoms with Crippen LogP contribution in [0.5, 0.6) is 0 Å². The Balaban J connectivity index is 2.05. The van der Waals surface area contributed by atoms with Gasteiger partial charge in [-0.25, -0.2) is 4.39 Å². The molecule has 1 aliphatic rings. The lowest BCUT2D eigenvalue weighted by Crippen LogP contribution is -2.29. The van der Waals surface area contributed by atoms with Crippen LogP contribution >= 0.6 is 0 Å². The summed E-state index contributed by atoms with van der Waals surface area (Å²) in [5.74, 6) is 0.416. The summed E-state index contributed by atoms with van der Waals surface area (Å²) in [5, 5.41) is 10.7. The van der Waals surface area contributed by atoms with Gasteiger partial charge in [-0.05, 0) is 18.6 Å². The number of hydrogen-bond acceptors (Lipinski definition) is 3.